The number of fused-ring (bicyclic) bond motifs is 2. The molecule has 0 saturated carbocycles. The highest BCUT2D eigenvalue weighted by Crippen LogP contribution is 2.61. The Morgan fingerprint density at radius 1 is 1.15 bits per heavy atom. The van der Waals surface area contributed by atoms with Crippen molar-refractivity contribution in [1.82, 2.24) is 4.90 Å². The maximum Gasteiger partial charge on any atom is 0.311 e. The summed E-state index contributed by atoms with van der Waals surface area (Å²) in [6.07, 6.45) is 8.78. The van der Waals surface area contributed by atoms with Crippen molar-refractivity contribution in [3.63, 3.8) is 0 Å². The van der Waals surface area contributed by atoms with Gasteiger partial charge in [-0.1, -0.05) is 24.3 Å². The summed E-state index contributed by atoms with van der Waals surface area (Å²) < 4.78 is 9.77. The number of esters is 1. The van der Waals surface area contributed by atoms with Gasteiger partial charge in [-0.15, -0.1) is 11.8 Å². The number of thioether (sulfide) groups is 1. The average Bonchev–Trinajstić information content (AvgIpc) is 3.13. The third kappa shape index (κ3) is 3.53. The minimum atomic E-state index is -0.857. The number of carbonyl (C=O) groups excluding carboxylic acids is 3. The average molecular weight is 485 g/mol. The number of amides is 2. The Balaban J connectivity index is 1.56. The molecule has 1 unspecified atom stereocenters. The first-order valence-corrected chi connectivity index (χ1v) is 12.5. The van der Waals surface area contributed by atoms with Crippen molar-refractivity contribution in [2.45, 2.75) is 28.9 Å². The van der Waals surface area contributed by atoms with E-state index in [1.165, 1.54) is 11.8 Å². The van der Waals surface area contributed by atoms with Crippen LogP contribution in [0.1, 0.15) is 12.8 Å². The molecule has 5 rings (SSSR count). The fraction of sp³-hybridized carbons (Fsp3) is 0.480. The lowest BCUT2D eigenvalue weighted by atomic mass is 9.78. The third-order valence-corrected chi connectivity index (χ3v) is 8.85. The molecule has 1 aromatic rings. The minimum Gasteiger partial charge on any atom is -0.497 e. The molecule has 4 aliphatic heterocycles. The van der Waals surface area contributed by atoms with Gasteiger partial charge in [-0.2, -0.15) is 0 Å². The first kappa shape index (κ1) is 23.0. The van der Waals surface area contributed by atoms with Crippen LogP contribution in [0.3, 0.4) is 0 Å². The zero-order valence-electron chi connectivity index (χ0n) is 19.0. The van der Waals surface area contributed by atoms with Crippen LogP contribution in [0.4, 0.5) is 5.69 Å². The molecular formula is C25H28N2O6S. The predicted molar refractivity (Wildman–Crippen MR) is 127 cm³/mol. The van der Waals surface area contributed by atoms with Crippen LogP contribution in [0.5, 0.6) is 5.75 Å². The summed E-state index contributed by atoms with van der Waals surface area (Å²) in [4.78, 5) is 44.2. The second-order valence-electron chi connectivity index (χ2n) is 8.91. The van der Waals surface area contributed by atoms with Crippen molar-refractivity contribution < 1.29 is 29.0 Å². The first-order chi connectivity index (χ1) is 16.5. The number of unbranched alkanes of at least 4 members (excludes halogenated alkanes) is 1. The summed E-state index contributed by atoms with van der Waals surface area (Å²) in [6.45, 7) is 0.930. The number of hydrogen-bond acceptors (Lipinski definition) is 7. The molecular weight excluding hydrogens is 456 g/mol. The molecule has 9 heteroatoms. The second-order valence-corrected chi connectivity index (χ2v) is 10.4. The molecule has 1 N–H and O–H groups in total. The Kier molecular flexibility index (Phi) is 6.16. The number of anilines is 1. The first-order valence-electron chi connectivity index (χ1n) is 11.6. The van der Waals surface area contributed by atoms with Gasteiger partial charge in [-0.05, 0) is 37.1 Å². The molecule has 1 aromatic carbocycles. The number of rotatable bonds is 6. The molecule has 0 aromatic heterocycles. The van der Waals surface area contributed by atoms with E-state index in [0.29, 0.717) is 31.7 Å². The number of cyclic esters (lactones) is 1. The van der Waals surface area contributed by atoms with Gasteiger partial charge in [0, 0.05) is 30.6 Å². The number of methoxy groups -OCH3 is 1. The molecule has 8 nitrogen and oxygen atoms in total. The molecule has 2 fully saturated rings. The number of carbonyl (C=O) groups is 3. The molecule has 34 heavy (non-hydrogen) atoms. The van der Waals surface area contributed by atoms with E-state index in [4.69, 9.17) is 9.47 Å². The summed E-state index contributed by atoms with van der Waals surface area (Å²) in [6, 6.07) is 6.52. The van der Waals surface area contributed by atoms with Gasteiger partial charge in [0.15, 0.2) is 0 Å². The Bertz CT molecular complexity index is 1040. The van der Waals surface area contributed by atoms with E-state index >= 15 is 0 Å². The van der Waals surface area contributed by atoms with Crippen molar-refractivity contribution >= 4 is 35.2 Å². The highest BCUT2D eigenvalue weighted by atomic mass is 32.2. The van der Waals surface area contributed by atoms with Crippen LogP contribution in [-0.4, -0.2) is 77.2 Å². The number of likely N-dealkylation sites (tertiary alicyclic amines) is 1. The smallest absolute Gasteiger partial charge is 0.311 e. The van der Waals surface area contributed by atoms with E-state index in [1.54, 1.807) is 29.0 Å². The lowest BCUT2D eigenvalue weighted by molar-refractivity contribution is -0.151. The SMILES string of the molecule is COc1ccc(N2CC=C[C@]34S[C@@H]5C=CCOC(=O)[C@@H]5[C@H]3C(=O)N(CCCCO)C4C2=O)cc1. The van der Waals surface area contributed by atoms with Crippen molar-refractivity contribution in [2.24, 2.45) is 11.8 Å². The number of ether oxygens (including phenoxy) is 2. The molecule has 0 radical (unpaired) electrons. The lowest BCUT2D eigenvalue weighted by Crippen LogP contribution is -2.53. The summed E-state index contributed by atoms with van der Waals surface area (Å²) in [5.74, 6) is -1.36. The Morgan fingerprint density at radius 2 is 1.94 bits per heavy atom. The molecule has 0 bridgehead atoms. The molecule has 2 amide bonds. The van der Waals surface area contributed by atoms with Crippen molar-refractivity contribution in [2.75, 3.05) is 38.3 Å². The van der Waals surface area contributed by atoms with Gasteiger partial charge in [0.05, 0.1) is 23.7 Å². The van der Waals surface area contributed by atoms with Crippen LogP contribution >= 0.6 is 11.8 Å². The van der Waals surface area contributed by atoms with Gasteiger partial charge in [0.25, 0.3) is 5.91 Å². The van der Waals surface area contributed by atoms with Crippen LogP contribution in [0.15, 0.2) is 48.6 Å². The van der Waals surface area contributed by atoms with Gasteiger partial charge in [-0.25, -0.2) is 0 Å². The highest BCUT2D eigenvalue weighted by Gasteiger charge is 2.71. The van der Waals surface area contributed by atoms with Crippen molar-refractivity contribution in [3.8, 4) is 5.75 Å². The van der Waals surface area contributed by atoms with Gasteiger partial charge < -0.3 is 24.4 Å². The molecule has 4 aliphatic rings. The largest absolute Gasteiger partial charge is 0.497 e. The van der Waals surface area contributed by atoms with E-state index < -0.39 is 22.6 Å². The molecule has 5 atom stereocenters. The van der Waals surface area contributed by atoms with Crippen LogP contribution in [0.25, 0.3) is 0 Å². The van der Waals surface area contributed by atoms with E-state index in [1.807, 2.05) is 36.4 Å². The lowest BCUT2D eigenvalue weighted by Gasteiger charge is -2.35. The maximum absolute atomic E-state index is 14.1. The quantitative estimate of drug-likeness (QED) is 0.374. The highest BCUT2D eigenvalue weighted by molar-refractivity contribution is 8.02. The standard InChI is InChI=1S/C25H28N2O6S/c1-32-17-9-7-16(8-10-17)26-13-5-11-25-20(19-18(34-25)6-4-15-33-24(19)31)22(29)27(12-2-3-14-28)21(25)23(26)30/h4-11,18-21,28H,2-3,12-15H2,1H3/t18-,19+,20+,21?,25+/m1/s1. The zero-order chi connectivity index (χ0) is 23.9. The fourth-order valence-electron chi connectivity index (χ4n) is 5.60. The molecule has 1 spiro atoms. The monoisotopic (exact) mass is 484 g/mol. The van der Waals surface area contributed by atoms with Gasteiger partial charge in [0.2, 0.25) is 5.91 Å². The minimum absolute atomic E-state index is 0.0175. The van der Waals surface area contributed by atoms with E-state index in [0.717, 1.165) is 5.69 Å². The summed E-state index contributed by atoms with van der Waals surface area (Å²) >= 11 is 1.53. The van der Waals surface area contributed by atoms with E-state index in [-0.39, 0.29) is 36.2 Å². The molecule has 180 valence electrons. The molecule has 2 saturated heterocycles. The number of aliphatic hydroxyl groups is 1. The number of nitrogens with zero attached hydrogens (tertiary/aromatic N) is 2. The zero-order valence-corrected chi connectivity index (χ0v) is 19.8. The van der Waals surface area contributed by atoms with Crippen LogP contribution in [0, 0.1) is 11.8 Å². The summed E-state index contributed by atoms with van der Waals surface area (Å²) in [5.41, 5.74) is 0.718. The maximum atomic E-state index is 14.1. The topological polar surface area (TPSA) is 96.4 Å². The summed E-state index contributed by atoms with van der Waals surface area (Å²) in [5, 5.41) is 9.05. The van der Waals surface area contributed by atoms with Gasteiger partial charge >= 0.3 is 5.97 Å². The fourth-order valence-corrected chi connectivity index (χ4v) is 7.60. The number of hydrogen-bond donors (Lipinski definition) is 1. The van der Waals surface area contributed by atoms with Crippen LogP contribution in [-0.2, 0) is 19.1 Å². The summed E-state index contributed by atoms with van der Waals surface area (Å²) in [7, 11) is 1.59. The van der Waals surface area contributed by atoms with Gasteiger partial charge in [0.1, 0.15) is 18.4 Å². The third-order valence-electron chi connectivity index (χ3n) is 7.10. The Morgan fingerprint density at radius 3 is 2.68 bits per heavy atom. The molecule has 4 heterocycles. The molecule has 0 aliphatic carbocycles. The number of benzene rings is 1. The van der Waals surface area contributed by atoms with Crippen LogP contribution in [0.2, 0.25) is 0 Å². The van der Waals surface area contributed by atoms with Crippen molar-refractivity contribution in [3.05, 3.63) is 48.6 Å². The van der Waals surface area contributed by atoms with E-state index in [2.05, 4.69) is 0 Å². The van der Waals surface area contributed by atoms with Crippen molar-refractivity contribution in [1.29, 1.82) is 0 Å². The second kappa shape index (κ2) is 9.11. The van der Waals surface area contributed by atoms with Crippen LogP contribution < -0.4 is 9.64 Å². The predicted octanol–water partition coefficient (Wildman–Crippen LogP) is 1.78. The Labute approximate surface area is 202 Å². The van der Waals surface area contributed by atoms with E-state index in [9.17, 15) is 19.5 Å². The number of aliphatic hydroxyl groups excluding tert-OH is 1. The Hall–Kier alpha value is -2.78. The van der Waals surface area contributed by atoms with Gasteiger partial charge in [-0.3, -0.25) is 14.4 Å². The normalized spacial score (nSPS) is 32.1.